The zero-order valence-corrected chi connectivity index (χ0v) is 15.0. The summed E-state index contributed by atoms with van der Waals surface area (Å²) >= 11 is 1.61. The van der Waals surface area contributed by atoms with Crippen molar-refractivity contribution in [1.29, 1.82) is 0 Å². The Morgan fingerprint density at radius 1 is 1.16 bits per heavy atom. The van der Waals surface area contributed by atoms with Crippen molar-refractivity contribution in [2.45, 2.75) is 26.5 Å². The lowest BCUT2D eigenvalue weighted by atomic mass is 10.1. The van der Waals surface area contributed by atoms with Crippen LogP contribution < -0.4 is 10.1 Å². The Balaban J connectivity index is 1.57. The minimum Gasteiger partial charge on any atom is -0.487 e. The number of nitrogens with zero attached hydrogens (tertiary/aromatic N) is 1. The Bertz CT molecular complexity index is 828. The molecule has 0 saturated heterocycles. The summed E-state index contributed by atoms with van der Waals surface area (Å²) in [7, 11) is 0. The molecule has 25 heavy (non-hydrogen) atoms. The maximum Gasteiger partial charge on any atom is 0.251 e. The Morgan fingerprint density at radius 2 is 1.88 bits per heavy atom. The number of hydrogen-bond acceptors (Lipinski definition) is 4. The van der Waals surface area contributed by atoms with Gasteiger partial charge in [0.25, 0.3) is 5.91 Å². The van der Waals surface area contributed by atoms with Gasteiger partial charge < -0.3 is 10.1 Å². The second-order valence-electron chi connectivity index (χ2n) is 5.78. The van der Waals surface area contributed by atoms with E-state index in [2.05, 4.69) is 10.3 Å². The molecule has 1 amide bonds. The van der Waals surface area contributed by atoms with Crippen LogP contribution in [-0.4, -0.2) is 10.9 Å². The van der Waals surface area contributed by atoms with E-state index in [1.807, 2.05) is 49.6 Å². The molecular weight excluding hydrogens is 332 g/mol. The van der Waals surface area contributed by atoms with E-state index in [-0.39, 0.29) is 11.9 Å². The molecule has 1 aromatic heterocycles. The Kier molecular flexibility index (Phi) is 5.46. The van der Waals surface area contributed by atoms with E-state index in [1.54, 1.807) is 35.6 Å². The van der Waals surface area contributed by atoms with Gasteiger partial charge in [0.1, 0.15) is 12.4 Å². The zero-order valence-electron chi connectivity index (χ0n) is 14.2. The summed E-state index contributed by atoms with van der Waals surface area (Å²) in [5, 5.41) is 6.02. The smallest absolute Gasteiger partial charge is 0.251 e. The molecule has 0 radical (unpaired) electrons. The van der Waals surface area contributed by atoms with Crippen molar-refractivity contribution < 1.29 is 9.53 Å². The first-order chi connectivity index (χ1) is 12.1. The van der Waals surface area contributed by atoms with E-state index in [9.17, 15) is 4.79 Å². The van der Waals surface area contributed by atoms with Crippen LogP contribution in [0.3, 0.4) is 0 Å². The molecule has 3 rings (SSSR count). The molecule has 0 saturated carbocycles. The fourth-order valence-corrected chi connectivity index (χ4v) is 3.04. The minimum atomic E-state index is -0.0990. The SMILES string of the molecule is Cc1nc(COc2ccc(C(=O)N[C@H](C)c3ccccc3)cc2)cs1. The van der Waals surface area contributed by atoms with E-state index in [0.29, 0.717) is 12.2 Å². The molecule has 0 aliphatic carbocycles. The number of aromatic nitrogens is 1. The van der Waals surface area contributed by atoms with E-state index in [1.165, 1.54) is 0 Å². The number of nitrogens with one attached hydrogen (secondary N) is 1. The third-order valence-electron chi connectivity index (χ3n) is 3.82. The second kappa shape index (κ2) is 7.94. The predicted molar refractivity (Wildman–Crippen MR) is 99.9 cm³/mol. The first kappa shape index (κ1) is 17.2. The van der Waals surface area contributed by atoms with Crippen LogP contribution in [0.15, 0.2) is 60.0 Å². The van der Waals surface area contributed by atoms with Crippen molar-refractivity contribution in [1.82, 2.24) is 10.3 Å². The number of rotatable bonds is 6. The summed E-state index contributed by atoms with van der Waals surface area (Å²) in [6.45, 7) is 4.37. The van der Waals surface area contributed by atoms with Crippen molar-refractivity contribution in [2.75, 3.05) is 0 Å². The van der Waals surface area contributed by atoms with Gasteiger partial charge in [-0.3, -0.25) is 4.79 Å². The number of carbonyl (C=O) groups excluding carboxylic acids is 1. The van der Waals surface area contributed by atoms with E-state index in [0.717, 1.165) is 22.0 Å². The lowest BCUT2D eigenvalue weighted by molar-refractivity contribution is 0.0940. The monoisotopic (exact) mass is 352 g/mol. The molecule has 0 bridgehead atoms. The Hall–Kier alpha value is -2.66. The van der Waals surface area contributed by atoms with Gasteiger partial charge in [0.15, 0.2) is 0 Å². The van der Waals surface area contributed by atoms with Gasteiger partial charge in [0.05, 0.1) is 16.7 Å². The molecule has 1 N–H and O–H groups in total. The van der Waals surface area contributed by atoms with E-state index in [4.69, 9.17) is 4.74 Å². The van der Waals surface area contributed by atoms with Crippen LogP contribution >= 0.6 is 11.3 Å². The lowest BCUT2D eigenvalue weighted by Crippen LogP contribution is -2.26. The van der Waals surface area contributed by atoms with Gasteiger partial charge in [-0.15, -0.1) is 11.3 Å². The summed E-state index contributed by atoms with van der Waals surface area (Å²) in [5.74, 6) is 0.622. The van der Waals surface area contributed by atoms with Crippen LogP contribution in [0, 0.1) is 6.92 Å². The molecule has 5 heteroatoms. The largest absolute Gasteiger partial charge is 0.487 e. The van der Waals surface area contributed by atoms with Crippen molar-refractivity contribution in [3.05, 3.63) is 81.8 Å². The molecule has 3 aromatic rings. The zero-order chi connectivity index (χ0) is 17.6. The topological polar surface area (TPSA) is 51.2 Å². The summed E-state index contributed by atoms with van der Waals surface area (Å²) in [4.78, 5) is 16.7. The summed E-state index contributed by atoms with van der Waals surface area (Å²) in [5.41, 5.74) is 2.61. The van der Waals surface area contributed by atoms with Crippen LogP contribution in [0.2, 0.25) is 0 Å². The van der Waals surface area contributed by atoms with Gasteiger partial charge in [-0.25, -0.2) is 4.98 Å². The van der Waals surface area contributed by atoms with Gasteiger partial charge >= 0.3 is 0 Å². The minimum absolute atomic E-state index is 0.0440. The molecule has 128 valence electrons. The maximum atomic E-state index is 12.4. The lowest BCUT2D eigenvalue weighted by Gasteiger charge is -2.14. The highest BCUT2D eigenvalue weighted by Crippen LogP contribution is 2.17. The standard InChI is InChI=1S/C20H20N2O2S/c1-14(16-6-4-3-5-7-16)21-20(23)17-8-10-19(11-9-17)24-12-18-13-25-15(2)22-18/h3-11,13-14H,12H2,1-2H3,(H,21,23)/t14-/m1/s1. The molecule has 4 nitrogen and oxygen atoms in total. The third-order valence-corrected chi connectivity index (χ3v) is 4.64. The molecule has 1 heterocycles. The molecule has 2 aromatic carbocycles. The van der Waals surface area contributed by atoms with Crippen LogP contribution in [0.25, 0.3) is 0 Å². The van der Waals surface area contributed by atoms with Gasteiger partial charge in [-0.1, -0.05) is 30.3 Å². The fourth-order valence-electron chi connectivity index (χ4n) is 2.44. The molecule has 0 aliphatic heterocycles. The average Bonchev–Trinajstić information content (AvgIpc) is 3.06. The summed E-state index contributed by atoms with van der Waals surface area (Å²) < 4.78 is 5.70. The first-order valence-electron chi connectivity index (χ1n) is 8.11. The number of thiazole rings is 1. The van der Waals surface area contributed by atoms with Gasteiger partial charge in [-0.05, 0) is 43.7 Å². The highest BCUT2D eigenvalue weighted by atomic mass is 32.1. The van der Waals surface area contributed by atoms with Crippen molar-refractivity contribution >= 4 is 17.2 Å². The van der Waals surface area contributed by atoms with Crippen molar-refractivity contribution in [2.24, 2.45) is 0 Å². The normalized spacial score (nSPS) is 11.8. The molecule has 0 aliphatic rings. The average molecular weight is 352 g/mol. The molecule has 0 unspecified atom stereocenters. The molecule has 0 spiro atoms. The molecular formula is C20H20N2O2S. The van der Waals surface area contributed by atoms with Crippen molar-refractivity contribution in [3.8, 4) is 5.75 Å². The second-order valence-corrected chi connectivity index (χ2v) is 6.84. The van der Waals surface area contributed by atoms with Crippen LogP contribution in [-0.2, 0) is 6.61 Å². The fraction of sp³-hybridized carbons (Fsp3) is 0.200. The van der Waals surface area contributed by atoms with Gasteiger partial charge in [-0.2, -0.15) is 0 Å². The molecule has 1 atom stereocenters. The summed E-state index contributed by atoms with van der Waals surface area (Å²) in [6, 6.07) is 17.0. The maximum absolute atomic E-state index is 12.4. The number of ether oxygens (including phenoxy) is 1. The quantitative estimate of drug-likeness (QED) is 0.709. The highest BCUT2D eigenvalue weighted by molar-refractivity contribution is 7.09. The van der Waals surface area contributed by atoms with E-state index >= 15 is 0 Å². The number of hydrogen-bond donors (Lipinski definition) is 1. The Labute approximate surface area is 151 Å². The van der Waals surface area contributed by atoms with Gasteiger partial charge in [0, 0.05) is 10.9 Å². The first-order valence-corrected chi connectivity index (χ1v) is 8.99. The molecule has 0 fully saturated rings. The number of carbonyl (C=O) groups is 1. The van der Waals surface area contributed by atoms with Gasteiger partial charge in [0.2, 0.25) is 0 Å². The van der Waals surface area contributed by atoms with Crippen molar-refractivity contribution in [3.63, 3.8) is 0 Å². The Morgan fingerprint density at radius 3 is 2.52 bits per heavy atom. The van der Waals surface area contributed by atoms with Crippen LogP contribution in [0.5, 0.6) is 5.75 Å². The summed E-state index contributed by atoms with van der Waals surface area (Å²) in [6.07, 6.45) is 0. The number of amides is 1. The predicted octanol–water partition coefficient (Wildman–Crippen LogP) is 4.52. The van der Waals surface area contributed by atoms with Crippen LogP contribution in [0.1, 0.15) is 39.6 Å². The van der Waals surface area contributed by atoms with Crippen LogP contribution in [0.4, 0.5) is 0 Å². The number of benzene rings is 2. The highest BCUT2D eigenvalue weighted by Gasteiger charge is 2.11. The van der Waals surface area contributed by atoms with E-state index < -0.39 is 0 Å². The number of aryl methyl sites for hydroxylation is 1. The third kappa shape index (κ3) is 4.67.